The molecule has 0 spiro atoms. The maximum atomic E-state index is 13.2. The molecule has 18 heteroatoms. The Kier molecular flexibility index (Phi) is 8.72. The molecular formula is C17H25N4O13P. The SMILES string of the molecule is CNC(=O)C(NC(=O)C(O)[C@H]1O[C@@H](n2ccc(=O)[nH]c2=O)[C@H](O)[C@@H]1O)(C(=O)OC)P(=O)(OC)OC. The smallest absolute Gasteiger partial charge is 0.376 e. The molecule has 1 aliphatic rings. The molecule has 1 saturated heterocycles. The van der Waals surface area contributed by atoms with Crippen molar-refractivity contribution in [3.63, 3.8) is 0 Å². The minimum atomic E-state index is -4.85. The van der Waals surface area contributed by atoms with Crippen LogP contribution >= 0.6 is 7.60 Å². The third-order valence-electron chi connectivity index (χ3n) is 5.21. The van der Waals surface area contributed by atoms with Crippen molar-refractivity contribution in [3.05, 3.63) is 33.1 Å². The van der Waals surface area contributed by atoms with Crippen LogP contribution in [0.1, 0.15) is 6.23 Å². The van der Waals surface area contributed by atoms with E-state index in [4.69, 9.17) is 13.8 Å². The Bertz CT molecular complexity index is 1110. The van der Waals surface area contributed by atoms with Gasteiger partial charge in [0.15, 0.2) is 12.3 Å². The second-order valence-electron chi connectivity index (χ2n) is 7.07. The van der Waals surface area contributed by atoms with Gasteiger partial charge in [-0.1, -0.05) is 0 Å². The zero-order valence-corrected chi connectivity index (χ0v) is 19.8. The average molecular weight is 524 g/mol. The first-order chi connectivity index (χ1) is 16.3. The van der Waals surface area contributed by atoms with Gasteiger partial charge in [0.05, 0.1) is 7.11 Å². The van der Waals surface area contributed by atoms with Crippen LogP contribution in [0.3, 0.4) is 0 Å². The lowest BCUT2D eigenvalue weighted by molar-refractivity contribution is -0.157. The number of methoxy groups -OCH3 is 1. The van der Waals surface area contributed by atoms with Gasteiger partial charge in [-0.2, -0.15) is 0 Å². The summed E-state index contributed by atoms with van der Waals surface area (Å²) in [5.41, 5.74) is -1.79. The molecule has 1 aliphatic heterocycles. The van der Waals surface area contributed by atoms with Crippen LogP contribution in [0.5, 0.6) is 0 Å². The lowest BCUT2D eigenvalue weighted by atomic mass is 10.0. The zero-order chi connectivity index (χ0) is 26.7. The second kappa shape index (κ2) is 10.8. The fourth-order valence-electron chi connectivity index (χ4n) is 3.39. The van der Waals surface area contributed by atoms with Gasteiger partial charge in [-0.3, -0.25) is 28.5 Å². The van der Waals surface area contributed by atoms with Crippen molar-refractivity contribution in [2.75, 3.05) is 28.4 Å². The van der Waals surface area contributed by atoms with Crippen LogP contribution < -0.4 is 21.9 Å². The number of esters is 1. The summed E-state index contributed by atoms with van der Waals surface area (Å²) < 4.78 is 33.1. The molecule has 17 nitrogen and oxygen atoms in total. The standard InChI is InChI=1S/C17H25N4O13P/c1-18-14(27)17(15(28)31-2,35(30,32-3)33-4)20-12(26)10(25)11-8(23)9(24)13(34-11)21-6-5-7(22)19-16(21)29/h5-6,8-11,13,23-25H,1-4H3,(H,18,27)(H,20,26)(H,19,22,29)/t8-,9+,10?,11-,13+,17?/m0/s1. The van der Waals surface area contributed by atoms with Gasteiger partial charge in [-0.15, -0.1) is 0 Å². The van der Waals surface area contributed by atoms with Crippen molar-refractivity contribution in [1.29, 1.82) is 0 Å². The molecular weight excluding hydrogens is 499 g/mol. The molecule has 2 heterocycles. The summed E-state index contributed by atoms with van der Waals surface area (Å²) >= 11 is 0. The van der Waals surface area contributed by atoms with Crippen molar-refractivity contribution in [2.24, 2.45) is 0 Å². The first-order valence-electron chi connectivity index (χ1n) is 9.70. The first-order valence-corrected chi connectivity index (χ1v) is 11.2. The molecule has 0 aromatic carbocycles. The highest BCUT2D eigenvalue weighted by atomic mass is 31.2. The van der Waals surface area contributed by atoms with E-state index in [1.807, 2.05) is 10.3 Å². The maximum absolute atomic E-state index is 13.2. The average Bonchev–Trinajstić information content (AvgIpc) is 3.14. The molecule has 2 rings (SSSR count). The molecule has 1 aromatic rings. The third-order valence-corrected chi connectivity index (χ3v) is 7.49. The second-order valence-corrected chi connectivity index (χ2v) is 9.46. The minimum Gasteiger partial charge on any atom is -0.466 e. The van der Waals surface area contributed by atoms with Crippen LogP contribution in [0.4, 0.5) is 0 Å². The number of ether oxygens (including phenoxy) is 2. The number of aromatic nitrogens is 2. The van der Waals surface area contributed by atoms with E-state index < -0.39 is 72.6 Å². The van der Waals surface area contributed by atoms with Crippen LogP contribution in [0.2, 0.25) is 0 Å². The number of amides is 2. The summed E-state index contributed by atoms with van der Waals surface area (Å²) in [5.74, 6) is -4.59. The Morgan fingerprint density at radius 2 is 1.80 bits per heavy atom. The van der Waals surface area contributed by atoms with E-state index in [2.05, 4.69) is 4.74 Å². The lowest BCUT2D eigenvalue weighted by Gasteiger charge is -2.35. The van der Waals surface area contributed by atoms with Crippen LogP contribution in [0.25, 0.3) is 0 Å². The third kappa shape index (κ3) is 4.79. The highest BCUT2D eigenvalue weighted by Gasteiger charge is 2.65. The number of hydrogen-bond donors (Lipinski definition) is 6. The molecule has 196 valence electrons. The van der Waals surface area contributed by atoms with Gasteiger partial charge in [-0.25, -0.2) is 9.59 Å². The van der Waals surface area contributed by atoms with Crippen LogP contribution in [0.15, 0.2) is 21.9 Å². The number of carbonyl (C=O) groups excluding carboxylic acids is 3. The van der Waals surface area contributed by atoms with Crippen molar-refractivity contribution < 1.29 is 52.8 Å². The van der Waals surface area contributed by atoms with Crippen LogP contribution in [-0.4, -0.2) is 101 Å². The van der Waals surface area contributed by atoms with Gasteiger partial charge in [0, 0.05) is 33.5 Å². The highest BCUT2D eigenvalue weighted by molar-refractivity contribution is 7.58. The topological polar surface area (TPSA) is 245 Å². The fraction of sp³-hybridized carbons (Fsp3) is 0.588. The predicted molar refractivity (Wildman–Crippen MR) is 112 cm³/mol. The molecule has 0 radical (unpaired) electrons. The van der Waals surface area contributed by atoms with Crippen molar-refractivity contribution in [2.45, 2.75) is 35.9 Å². The summed E-state index contributed by atoms with van der Waals surface area (Å²) in [6, 6.07) is 0.918. The van der Waals surface area contributed by atoms with E-state index in [0.29, 0.717) is 4.57 Å². The van der Waals surface area contributed by atoms with Crippen molar-refractivity contribution in [3.8, 4) is 0 Å². The summed E-state index contributed by atoms with van der Waals surface area (Å²) in [6.07, 6.45) is -8.92. The van der Waals surface area contributed by atoms with Gasteiger partial charge < -0.3 is 44.5 Å². The number of nitrogens with zero attached hydrogens (tertiary/aromatic N) is 1. The van der Waals surface area contributed by atoms with E-state index in [0.717, 1.165) is 40.6 Å². The van der Waals surface area contributed by atoms with E-state index >= 15 is 0 Å². The molecule has 6 N–H and O–H groups in total. The summed E-state index contributed by atoms with van der Waals surface area (Å²) in [7, 11) is -1.37. The minimum absolute atomic E-state index is 0.688. The van der Waals surface area contributed by atoms with Gasteiger partial charge >= 0.3 is 24.5 Å². The first kappa shape index (κ1) is 28.3. The van der Waals surface area contributed by atoms with E-state index in [9.17, 15) is 43.9 Å². The van der Waals surface area contributed by atoms with Crippen LogP contribution in [0, 0.1) is 0 Å². The predicted octanol–water partition coefficient (Wildman–Crippen LogP) is -4.27. The summed E-state index contributed by atoms with van der Waals surface area (Å²) in [6.45, 7) is 0. The summed E-state index contributed by atoms with van der Waals surface area (Å²) in [5, 5.41) is 31.8. The number of rotatable bonds is 9. The molecule has 35 heavy (non-hydrogen) atoms. The number of aliphatic hydroxyl groups is 3. The molecule has 0 aliphatic carbocycles. The molecule has 0 bridgehead atoms. The Morgan fingerprint density at radius 3 is 2.29 bits per heavy atom. The highest BCUT2D eigenvalue weighted by Crippen LogP contribution is 2.58. The number of H-pyrrole nitrogens is 1. The number of likely N-dealkylation sites (N-methyl/N-ethyl adjacent to an activating group) is 1. The molecule has 2 unspecified atom stereocenters. The van der Waals surface area contributed by atoms with Gasteiger partial charge in [0.1, 0.15) is 18.3 Å². The lowest BCUT2D eigenvalue weighted by Crippen LogP contribution is -2.66. The quantitative estimate of drug-likeness (QED) is 0.102. The maximum Gasteiger partial charge on any atom is 0.376 e. The number of nitrogens with one attached hydrogen (secondary N) is 3. The van der Waals surface area contributed by atoms with Crippen LogP contribution in [-0.2, 0) is 37.5 Å². The van der Waals surface area contributed by atoms with Crippen molar-refractivity contribution in [1.82, 2.24) is 20.2 Å². The molecule has 1 fully saturated rings. The number of carbonyl (C=O) groups is 3. The summed E-state index contributed by atoms with van der Waals surface area (Å²) in [4.78, 5) is 63.3. The Hall–Kier alpha value is -2.92. The van der Waals surface area contributed by atoms with E-state index in [1.165, 1.54) is 0 Å². The zero-order valence-electron chi connectivity index (χ0n) is 18.9. The molecule has 0 saturated carbocycles. The normalized spacial score (nSPS) is 24.8. The number of aliphatic hydroxyl groups excluding tert-OH is 3. The Morgan fingerprint density at radius 1 is 1.20 bits per heavy atom. The Balaban J connectivity index is 2.44. The molecule has 6 atom stereocenters. The van der Waals surface area contributed by atoms with E-state index in [1.54, 1.807) is 5.32 Å². The van der Waals surface area contributed by atoms with E-state index in [-0.39, 0.29) is 0 Å². The van der Waals surface area contributed by atoms with Gasteiger partial charge in [-0.05, 0) is 0 Å². The van der Waals surface area contributed by atoms with Gasteiger partial charge in [0.2, 0.25) is 0 Å². The monoisotopic (exact) mass is 524 g/mol. The number of hydrogen-bond acceptors (Lipinski definition) is 13. The van der Waals surface area contributed by atoms with Gasteiger partial charge in [0.25, 0.3) is 17.4 Å². The van der Waals surface area contributed by atoms with Crippen molar-refractivity contribution >= 4 is 25.4 Å². The largest absolute Gasteiger partial charge is 0.466 e. The number of aromatic amines is 1. The molecule has 1 aromatic heterocycles. The Labute approximate surface area is 196 Å². The fourth-order valence-corrected chi connectivity index (χ4v) is 5.01. The molecule has 2 amide bonds.